The number of sulfone groups is 1. The van der Waals surface area contributed by atoms with Gasteiger partial charge in [0.15, 0.2) is 9.84 Å². The van der Waals surface area contributed by atoms with E-state index in [0.717, 1.165) is 4.31 Å². The van der Waals surface area contributed by atoms with Crippen LogP contribution >= 0.6 is 0 Å². The van der Waals surface area contributed by atoms with Gasteiger partial charge >= 0.3 is 0 Å². The molecule has 0 bridgehead atoms. The van der Waals surface area contributed by atoms with Crippen LogP contribution in [0.2, 0.25) is 0 Å². The molecule has 0 amide bonds. The number of hydrogen-bond donors (Lipinski definition) is 2. The zero-order valence-corrected chi connectivity index (χ0v) is 18.0. The molecule has 160 valence electrons. The van der Waals surface area contributed by atoms with Crippen molar-refractivity contribution in [3.8, 4) is 5.88 Å². The van der Waals surface area contributed by atoms with Crippen LogP contribution in [0, 0.1) is 6.92 Å². The van der Waals surface area contributed by atoms with Crippen molar-refractivity contribution < 1.29 is 21.9 Å². The number of aromatic hydroxyl groups is 1. The molecule has 3 rings (SSSR count). The van der Waals surface area contributed by atoms with Crippen LogP contribution < -0.4 is 5.73 Å². The average Bonchev–Trinajstić information content (AvgIpc) is 2.74. The number of aromatic nitrogens is 1. The molecule has 0 aliphatic carbocycles. The van der Waals surface area contributed by atoms with E-state index in [2.05, 4.69) is 4.98 Å². The SMILES string of the molecule is Cc1cnc(O)c2cccc(S(=O)(=O)N(CCN)CCS(=O)(=O)c3ccccc3)c12. The first-order valence-electron chi connectivity index (χ1n) is 9.24. The third-order valence-electron chi connectivity index (χ3n) is 4.75. The third-order valence-corrected chi connectivity index (χ3v) is 8.40. The molecular weight excluding hydrogens is 426 g/mol. The van der Waals surface area contributed by atoms with Gasteiger partial charge in [0.25, 0.3) is 0 Å². The highest BCUT2D eigenvalue weighted by atomic mass is 32.2. The second kappa shape index (κ2) is 8.68. The zero-order chi connectivity index (χ0) is 21.9. The minimum atomic E-state index is -4.08. The Morgan fingerprint density at radius 1 is 1.00 bits per heavy atom. The van der Waals surface area contributed by atoms with Crippen LogP contribution in [-0.4, -0.2) is 56.6 Å². The standard InChI is InChI=1S/C20H23N3O5S2/c1-15-14-22-20(24)17-8-5-9-18(19(15)17)30(27,28)23(11-10-21)12-13-29(25,26)16-6-3-2-4-7-16/h2-9,14H,10-13,21H2,1H3,(H,22,24). The Bertz CT molecular complexity index is 1260. The van der Waals surface area contributed by atoms with Crippen LogP contribution in [0.4, 0.5) is 0 Å². The molecule has 1 heterocycles. The van der Waals surface area contributed by atoms with Crippen molar-refractivity contribution in [2.45, 2.75) is 16.7 Å². The fourth-order valence-corrected chi connectivity index (χ4v) is 6.35. The number of fused-ring (bicyclic) bond motifs is 1. The molecule has 3 aromatic rings. The van der Waals surface area contributed by atoms with Gasteiger partial charge < -0.3 is 10.8 Å². The number of sulfonamides is 1. The normalized spacial score (nSPS) is 12.5. The molecule has 8 nitrogen and oxygen atoms in total. The van der Waals surface area contributed by atoms with E-state index in [9.17, 15) is 21.9 Å². The molecule has 2 aromatic carbocycles. The number of aryl methyl sites for hydroxylation is 1. The molecule has 0 radical (unpaired) electrons. The molecular formula is C20H23N3O5S2. The van der Waals surface area contributed by atoms with Gasteiger partial charge in [-0.15, -0.1) is 0 Å². The molecule has 30 heavy (non-hydrogen) atoms. The van der Waals surface area contributed by atoms with Gasteiger partial charge in [-0.2, -0.15) is 4.31 Å². The third kappa shape index (κ3) is 4.31. The van der Waals surface area contributed by atoms with Gasteiger partial charge in [-0.05, 0) is 36.8 Å². The minimum Gasteiger partial charge on any atom is -0.493 e. The zero-order valence-electron chi connectivity index (χ0n) is 16.4. The van der Waals surface area contributed by atoms with E-state index in [4.69, 9.17) is 5.73 Å². The number of hydrogen-bond acceptors (Lipinski definition) is 7. The lowest BCUT2D eigenvalue weighted by molar-refractivity contribution is 0.435. The summed E-state index contributed by atoms with van der Waals surface area (Å²) >= 11 is 0. The second-order valence-electron chi connectivity index (χ2n) is 6.77. The lowest BCUT2D eigenvalue weighted by atomic mass is 10.1. The summed E-state index contributed by atoms with van der Waals surface area (Å²) in [5, 5.41) is 10.7. The maximum absolute atomic E-state index is 13.4. The number of rotatable bonds is 8. The van der Waals surface area contributed by atoms with Gasteiger partial charge in [0, 0.05) is 36.6 Å². The fourth-order valence-electron chi connectivity index (χ4n) is 3.23. The molecule has 10 heteroatoms. The van der Waals surface area contributed by atoms with Crippen LogP contribution in [0.1, 0.15) is 5.56 Å². The van der Waals surface area contributed by atoms with Crippen molar-refractivity contribution in [3.63, 3.8) is 0 Å². The van der Waals surface area contributed by atoms with Gasteiger partial charge in [-0.25, -0.2) is 21.8 Å². The number of nitrogens with zero attached hydrogens (tertiary/aromatic N) is 2. The molecule has 0 aliphatic heterocycles. The molecule has 1 aromatic heterocycles. The summed E-state index contributed by atoms with van der Waals surface area (Å²) in [4.78, 5) is 3.97. The maximum atomic E-state index is 13.4. The van der Waals surface area contributed by atoms with E-state index in [1.807, 2.05) is 0 Å². The first-order chi connectivity index (χ1) is 14.2. The van der Waals surface area contributed by atoms with Crippen LogP contribution in [-0.2, 0) is 19.9 Å². The van der Waals surface area contributed by atoms with E-state index in [1.165, 1.54) is 30.5 Å². The van der Waals surface area contributed by atoms with Crippen molar-refractivity contribution in [1.82, 2.24) is 9.29 Å². The number of nitrogens with two attached hydrogens (primary N) is 1. The van der Waals surface area contributed by atoms with E-state index >= 15 is 0 Å². The minimum absolute atomic E-state index is 0.0271. The maximum Gasteiger partial charge on any atom is 0.243 e. The van der Waals surface area contributed by atoms with Crippen molar-refractivity contribution in [1.29, 1.82) is 0 Å². The summed E-state index contributed by atoms with van der Waals surface area (Å²) < 4.78 is 53.2. The first-order valence-corrected chi connectivity index (χ1v) is 12.3. The Kier molecular flexibility index (Phi) is 6.41. The Labute approximate surface area is 175 Å². The largest absolute Gasteiger partial charge is 0.493 e. The quantitative estimate of drug-likeness (QED) is 0.535. The Morgan fingerprint density at radius 2 is 1.70 bits per heavy atom. The van der Waals surface area contributed by atoms with E-state index in [1.54, 1.807) is 31.2 Å². The monoisotopic (exact) mass is 449 g/mol. The van der Waals surface area contributed by atoms with Crippen molar-refractivity contribution >= 4 is 30.6 Å². The van der Waals surface area contributed by atoms with E-state index < -0.39 is 19.9 Å². The van der Waals surface area contributed by atoms with Crippen LogP contribution in [0.25, 0.3) is 10.8 Å². The van der Waals surface area contributed by atoms with E-state index in [0.29, 0.717) is 16.3 Å². The Hall–Kier alpha value is -2.53. The molecule has 0 spiro atoms. The molecule has 0 aliphatic rings. The first kappa shape index (κ1) is 22.2. The Morgan fingerprint density at radius 3 is 2.37 bits per heavy atom. The lowest BCUT2D eigenvalue weighted by Crippen LogP contribution is -2.38. The summed E-state index contributed by atoms with van der Waals surface area (Å²) in [6.45, 7) is 1.44. The second-order valence-corrected chi connectivity index (χ2v) is 10.8. The van der Waals surface area contributed by atoms with Crippen LogP contribution in [0.5, 0.6) is 5.88 Å². The van der Waals surface area contributed by atoms with Gasteiger partial charge in [-0.3, -0.25) is 0 Å². The highest BCUT2D eigenvalue weighted by molar-refractivity contribution is 7.91. The molecule has 0 unspecified atom stereocenters. The van der Waals surface area contributed by atoms with E-state index in [-0.39, 0.29) is 41.1 Å². The molecule has 0 saturated heterocycles. The number of pyridine rings is 1. The smallest absolute Gasteiger partial charge is 0.243 e. The molecule has 0 fully saturated rings. The Balaban J connectivity index is 2.00. The van der Waals surface area contributed by atoms with Gasteiger partial charge in [0.05, 0.1) is 15.5 Å². The highest BCUT2D eigenvalue weighted by Gasteiger charge is 2.28. The topological polar surface area (TPSA) is 131 Å². The lowest BCUT2D eigenvalue weighted by Gasteiger charge is -2.23. The summed E-state index contributed by atoms with van der Waals surface area (Å²) in [6, 6.07) is 12.4. The molecule has 0 atom stereocenters. The van der Waals surface area contributed by atoms with Gasteiger partial charge in [-0.1, -0.05) is 24.3 Å². The van der Waals surface area contributed by atoms with Gasteiger partial charge in [0.1, 0.15) is 0 Å². The fraction of sp³-hybridized carbons (Fsp3) is 0.250. The van der Waals surface area contributed by atoms with Crippen molar-refractivity contribution in [2.75, 3.05) is 25.4 Å². The summed E-state index contributed by atoms with van der Waals surface area (Å²) in [6.07, 6.45) is 1.39. The summed E-state index contributed by atoms with van der Waals surface area (Å²) in [5.74, 6) is -0.656. The number of benzene rings is 2. The summed E-state index contributed by atoms with van der Waals surface area (Å²) in [5.41, 5.74) is 6.19. The van der Waals surface area contributed by atoms with Crippen molar-refractivity contribution in [3.05, 3.63) is 60.3 Å². The highest BCUT2D eigenvalue weighted by Crippen LogP contribution is 2.32. The molecule has 0 saturated carbocycles. The predicted molar refractivity (Wildman–Crippen MR) is 114 cm³/mol. The summed E-state index contributed by atoms with van der Waals surface area (Å²) in [7, 11) is -7.75. The van der Waals surface area contributed by atoms with Gasteiger partial charge in [0.2, 0.25) is 15.9 Å². The van der Waals surface area contributed by atoms with Crippen LogP contribution in [0.3, 0.4) is 0 Å². The van der Waals surface area contributed by atoms with Crippen LogP contribution in [0.15, 0.2) is 64.5 Å². The average molecular weight is 450 g/mol. The van der Waals surface area contributed by atoms with Crippen molar-refractivity contribution in [2.24, 2.45) is 5.73 Å². The molecule has 3 N–H and O–H groups in total. The predicted octanol–water partition coefficient (Wildman–Crippen LogP) is 1.67.